The lowest BCUT2D eigenvalue weighted by atomic mass is 9.73. The number of para-hydroxylation sites is 1. The van der Waals surface area contributed by atoms with Crippen molar-refractivity contribution >= 4 is 17.3 Å². The monoisotopic (exact) mass is 228 g/mol. The molecule has 0 N–H and O–H groups in total. The van der Waals surface area contributed by atoms with Gasteiger partial charge in [-0.15, -0.1) is 0 Å². The SMILES string of the molecule is O=CC1(c2cc3ccccc3o2)CCCCC1. The van der Waals surface area contributed by atoms with Crippen molar-refractivity contribution in [2.45, 2.75) is 37.5 Å². The predicted octanol–water partition coefficient (Wildman–Crippen LogP) is 3.83. The molecule has 2 aromatic rings. The molecule has 1 heterocycles. The van der Waals surface area contributed by atoms with E-state index in [4.69, 9.17) is 4.42 Å². The lowest BCUT2D eigenvalue weighted by Gasteiger charge is -2.29. The summed E-state index contributed by atoms with van der Waals surface area (Å²) in [6.45, 7) is 0. The largest absolute Gasteiger partial charge is 0.460 e. The van der Waals surface area contributed by atoms with Crippen molar-refractivity contribution in [2.24, 2.45) is 0 Å². The molecular weight excluding hydrogens is 212 g/mol. The highest BCUT2D eigenvalue weighted by Gasteiger charge is 2.36. The van der Waals surface area contributed by atoms with Gasteiger partial charge >= 0.3 is 0 Å². The van der Waals surface area contributed by atoms with Crippen LogP contribution in [0.2, 0.25) is 0 Å². The zero-order valence-corrected chi connectivity index (χ0v) is 9.82. The van der Waals surface area contributed by atoms with Crippen LogP contribution in [0.5, 0.6) is 0 Å². The molecule has 2 heteroatoms. The van der Waals surface area contributed by atoms with Gasteiger partial charge in [0.2, 0.25) is 0 Å². The summed E-state index contributed by atoms with van der Waals surface area (Å²) in [5, 5.41) is 1.09. The summed E-state index contributed by atoms with van der Waals surface area (Å²) < 4.78 is 5.87. The van der Waals surface area contributed by atoms with Crippen molar-refractivity contribution < 1.29 is 9.21 Å². The van der Waals surface area contributed by atoms with Crippen LogP contribution in [0.15, 0.2) is 34.7 Å². The fourth-order valence-electron chi connectivity index (χ4n) is 2.83. The lowest BCUT2D eigenvalue weighted by molar-refractivity contribution is -0.114. The van der Waals surface area contributed by atoms with Gasteiger partial charge in [0, 0.05) is 5.39 Å². The topological polar surface area (TPSA) is 30.2 Å². The molecular formula is C15H16O2. The molecule has 1 saturated carbocycles. The van der Waals surface area contributed by atoms with Crippen molar-refractivity contribution in [3.63, 3.8) is 0 Å². The van der Waals surface area contributed by atoms with Crippen molar-refractivity contribution in [1.82, 2.24) is 0 Å². The molecule has 17 heavy (non-hydrogen) atoms. The number of hydrogen-bond donors (Lipinski definition) is 0. The molecule has 0 amide bonds. The van der Waals surface area contributed by atoms with E-state index >= 15 is 0 Å². The summed E-state index contributed by atoms with van der Waals surface area (Å²) >= 11 is 0. The predicted molar refractivity (Wildman–Crippen MR) is 67.0 cm³/mol. The molecule has 2 nitrogen and oxygen atoms in total. The quantitative estimate of drug-likeness (QED) is 0.731. The third kappa shape index (κ3) is 1.68. The number of carbonyl (C=O) groups excluding carboxylic acids is 1. The van der Waals surface area contributed by atoms with Gasteiger partial charge < -0.3 is 9.21 Å². The Morgan fingerprint density at radius 2 is 1.88 bits per heavy atom. The molecule has 0 radical (unpaired) electrons. The van der Waals surface area contributed by atoms with E-state index in [9.17, 15) is 4.79 Å². The average molecular weight is 228 g/mol. The van der Waals surface area contributed by atoms with Crippen LogP contribution < -0.4 is 0 Å². The number of carbonyl (C=O) groups is 1. The molecule has 1 aliphatic carbocycles. The van der Waals surface area contributed by atoms with Gasteiger partial charge in [-0.05, 0) is 25.0 Å². The van der Waals surface area contributed by atoms with Gasteiger partial charge in [0.25, 0.3) is 0 Å². The first-order valence-electron chi connectivity index (χ1n) is 6.29. The van der Waals surface area contributed by atoms with Gasteiger partial charge in [-0.2, -0.15) is 0 Å². The summed E-state index contributed by atoms with van der Waals surface area (Å²) in [6.07, 6.45) is 6.43. The summed E-state index contributed by atoms with van der Waals surface area (Å²) in [7, 11) is 0. The van der Waals surface area contributed by atoms with Crippen LogP contribution in [0.4, 0.5) is 0 Å². The van der Waals surface area contributed by atoms with Crippen LogP contribution in [0, 0.1) is 0 Å². The number of rotatable bonds is 2. The first kappa shape index (κ1) is 10.6. The second-order valence-corrected chi connectivity index (χ2v) is 4.98. The van der Waals surface area contributed by atoms with Crippen LogP contribution in [0.3, 0.4) is 0 Å². The first-order chi connectivity index (χ1) is 8.34. The van der Waals surface area contributed by atoms with E-state index in [-0.39, 0.29) is 5.41 Å². The maximum atomic E-state index is 11.5. The molecule has 0 spiro atoms. The van der Waals surface area contributed by atoms with Gasteiger partial charge in [-0.3, -0.25) is 0 Å². The van der Waals surface area contributed by atoms with E-state index in [1.54, 1.807) is 0 Å². The Bertz CT molecular complexity index is 500. The molecule has 0 unspecified atom stereocenters. The first-order valence-corrected chi connectivity index (χ1v) is 6.29. The second kappa shape index (κ2) is 4.02. The molecule has 0 saturated heterocycles. The molecule has 0 aliphatic heterocycles. The molecule has 1 fully saturated rings. The van der Waals surface area contributed by atoms with Crippen molar-refractivity contribution in [3.8, 4) is 0 Å². The fourth-order valence-corrected chi connectivity index (χ4v) is 2.83. The van der Waals surface area contributed by atoms with Gasteiger partial charge in [-0.1, -0.05) is 37.5 Å². The molecule has 1 aromatic carbocycles. The summed E-state index contributed by atoms with van der Waals surface area (Å²) in [5.74, 6) is 0.855. The minimum Gasteiger partial charge on any atom is -0.460 e. The maximum Gasteiger partial charge on any atom is 0.134 e. The average Bonchev–Trinajstić information content (AvgIpc) is 2.84. The number of hydrogen-bond acceptors (Lipinski definition) is 2. The van der Waals surface area contributed by atoms with Crippen LogP contribution in [-0.2, 0) is 10.2 Å². The van der Waals surface area contributed by atoms with Crippen molar-refractivity contribution in [1.29, 1.82) is 0 Å². The maximum absolute atomic E-state index is 11.5. The van der Waals surface area contributed by atoms with Gasteiger partial charge in [0.05, 0.1) is 5.41 Å². The van der Waals surface area contributed by atoms with Gasteiger partial charge in [-0.25, -0.2) is 0 Å². The Morgan fingerprint density at radius 1 is 1.12 bits per heavy atom. The van der Waals surface area contributed by atoms with Gasteiger partial charge in [0.15, 0.2) is 0 Å². The highest BCUT2D eigenvalue weighted by molar-refractivity contribution is 5.80. The normalized spacial score (nSPS) is 19.3. The van der Waals surface area contributed by atoms with E-state index in [0.29, 0.717) is 0 Å². The van der Waals surface area contributed by atoms with E-state index in [0.717, 1.165) is 48.7 Å². The van der Waals surface area contributed by atoms with E-state index in [1.807, 2.05) is 30.3 Å². The number of furan rings is 1. The molecule has 0 bridgehead atoms. The Kier molecular flexibility index (Phi) is 2.50. The molecule has 1 aliphatic rings. The highest BCUT2D eigenvalue weighted by atomic mass is 16.3. The summed E-state index contributed by atoms with van der Waals surface area (Å²) in [5.41, 5.74) is 0.520. The number of aldehydes is 1. The number of fused-ring (bicyclic) bond motifs is 1. The summed E-state index contributed by atoms with van der Waals surface area (Å²) in [6, 6.07) is 9.99. The molecule has 88 valence electrons. The fraction of sp³-hybridized carbons (Fsp3) is 0.400. The van der Waals surface area contributed by atoms with E-state index < -0.39 is 0 Å². The Hall–Kier alpha value is -1.57. The zero-order chi connectivity index (χ0) is 11.7. The van der Waals surface area contributed by atoms with E-state index in [2.05, 4.69) is 0 Å². The lowest BCUT2D eigenvalue weighted by Crippen LogP contribution is -2.30. The Morgan fingerprint density at radius 3 is 2.59 bits per heavy atom. The zero-order valence-electron chi connectivity index (χ0n) is 9.82. The summed E-state index contributed by atoms with van der Waals surface area (Å²) in [4.78, 5) is 11.5. The number of benzene rings is 1. The smallest absolute Gasteiger partial charge is 0.134 e. The Balaban J connectivity index is 2.09. The van der Waals surface area contributed by atoms with Crippen LogP contribution in [-0.4, -0.2) is 6.29 Å². The minimum absolute atomic E-state index is 0.364. The minimum atomic E-state index is -0.364. The van der Waals surface area contributed by atoms with Crippen molar-refractivity contribution in [3.05, 3.63) is 36.1 Å². The second-order valence-electron chi connectivity index (χ2n) is 4.98. The van der Waals surface area contributed by atoms with E-state index in [1.165, 1.54) is 6.42 Å². The van der Waals surface area contributed by atoms with Gasteiger partial charge in [0.1, 0.15) is 17.6 Å². The third-order valence-corrected chi connectivity index (χ3v) is 3.89. The Labute approximate surface area is 101 Å². The third-order valence-electron chi connectivity index (χ3n) is 3.89. The molecule has 0 atom stereocenters. The molecule has 1 aromatic heterocycles. The van der Waals surface area contributed by atoms with Crippen LogP contribution in [0.1, 0.15) is 37.9 Å². The molecule has 3 rings (SSSR count). The van der Waals surface area contributed by atoms with Crippen molar-refractivity contribution in [2.75, 3.05) is 0 Å². The standard InChI is InChI=1S/C15H16O2/c16-11-15(8-4-1-5-9-15)14-10-12-6-2-3-7-13(12)17-14/h2-3,6-7,10-11H,1,4-5,8-9H2. The van der Waals surface area contributed by atoms with Crippen LogP contribution in [0.25, 0.3) is 11.0 Å². The highest BCUT2D eigenvalue weighted by Crippen LogP contribution is 2.39. The van der Waals surface area contributed by atoms with Crippen LogP contribution >= 0.6 is 0 Å².